The minimum absolute atomic E-state index is 0.00604. The molecule has 2 heterocycles. The zero-order chi connectivity index (χ0) is 21.3. The Bertz CT molecular complexity index is 1230. The van der Waals surface area contributed by atoms with E-state index in [4.69, 9.17) is 36.9 Å². The first-order valence-corrected chi connectivity index (χ1v) is 9.42. The van der Waals surface area contributed by atoms with Crippen LogP contribution in [-0.2, 0) is 6.61 Å². The van der Waals surface area contributed by atoms with Gasteiger partial charge in [-0.3, -0.25) is 10.1 Å². The number of nitrogens with zero attached hydrogens (tertiary/aromatic N) is 3. The molecule has 0 radical (unpaired) electrons. The van der Waals surface area contributed by atoms with Crippen LogP contribution in [0.4, 0.5) is 5.69 Å². The molecule has 0 amide bonds. The summed E-state index contributed by atoms with van der Waals surface area (Å²) in [6.45, 7) is 1.76. The predicted octanol–water partition coefficient (Wildman–Crippen LogP) is 6.10. The molecule has 0 aliphatic heterocycles. The highest BCUT2D eigenvalue weighted by molar-refractivity contribution is 6.36. The van der Waals surface area contributed by atoms with E-state index < -0.39 is 4.92 Å². The molecule has 0 aliphatic carbocycles. The lowest BCUT2D eigenvalue weighted by Crippen LogP contribution is -1.98. The van der Waals surface area contributed by atoms with Crippen molar-refractivity contribution in [1.82, 2.24) is 10.1 Å². The average molecular weight is 446 g/mol. The number of aryl methyl sites for hydroxylation is 1. The monoisotopic (exact) mass is 445 g/mol. The average Bonchev–Trinajstić information content (AvgIpc) is 3.36. The van der Waals surface area contributed by atoms with Gasteiger partial charge in [-0.2, -0.15) is 4.98 Å². The van der Waals surface area contributed by atoms with Crippen molar-refractivity contribution >= 4 is 28.9 Å². The van der Waals surface area contributed by atoms with Crippen LogP contribution < -0.4 is 4.74 Å². The Morgan fingerprint density at radius 1 is 1.13 bits per heavy atom. The number of furan rings is 1. The molecule has 0 bridgehead atoms. The largest absolute Gasteiger partial charge is 0.479 e. The van der Waals surface area contributed by atoms with Crippen molar-refractivity contribution in [3.8, 4) is 28.8 Å². The highest BCUT2D eigenvalue weighted by Crippen LogP contribution is 2.31. The van der Waals surface area contributed by atoms with Gasteiger partial charge in [-0.15, -0.1) is 0 Å². The van der Waals surface area contributed by atoms with Crippen molar-refractivity contribution in [2.75, 3.05) is 0 Å². The van der Waals surface area contributed by atoms with Gasteiger partial charge in [0.15, 0.2) is 11.5 Å². The van der Waals surface area contributed by atoms with E-state index in [1.54, 1.807) is 49.4 Å². The summed E-state index contributed by atoms with van der Waals surface area (Å²) in [5.74, 6) is 1.36. The van der Waals surface area contributed by atoms with Crippen molar-refractivity contribution in [3.05, 3.63) is 80.0 Å². The fraction of sp³-hybridized carbons (Fsp3) is 0.100. The molecular weight excluding hydrogens is 433 g/mol. The molecule has 4 rings (SSSR count). The Hall–Kier alpha value is -3.36. The van der Waals surface area contributed by atoms with Gasteiger partial charge in [0.2, 0.25) is 5.82 Å². The number of rotatable bonds is 6. The normalized spacial score (nSPS) is 10.9. The molecule has 0 atom stereocenters. The van der Waals surface area contributed by atoms with Crippen molar-refractivity contribution in [3.63, 3.8) is 0 Å². The van der Waals surface area contributed by atoms with Gasteiger partial charge < -0.3 is 13.7 Å². The molecular formula is C20H13Cl2N3O5. The van der Waals surface area contributed by atoms with E-state index in [-0.39, 0.29) is 29.8 Å². The molecule has 2 aromatic carbocycles. The van der Waals surface area contributed by atoms with E-state index in [0.717, 1.165) is 5.56 Å². The number of ether oxygens (including phenoxy) is 1. The topological polar surface area (TPSA) is 104 Å². The van der Waals surface area contributed by atoms with E-state index in [1.807, 2.05) is 0 Å². The first-order chi connectivity index (χ1) is 14.4. The summed E-state index contributed by atoms with van der Waals surface area (Å²) in [6, 6.07) is 13.0. The zero-order valence-corrected chi connectivity index (χ0v) is 17.0. The summed E-state index contributed by atoms with van der Waals surface area (Å²) in [4.78, 5) is 15.0. The standard InChI is InChI=1S/C20H13Cl2N3O5/c1-11-2-6-17(16(8-11)25(26)27)28-10-13-4-7-18(29-13)20-23-19(24-30-20)14-5-3-12(21)9-15(14)22/h2-9H,10H2,1H3. The number of halogens is 2. The van der Waals surface area contributed by atoms with Gasteiger partial charge in [-0.1, -0.05) is 34.4 Å². The maximum absolute atomic E-state index is 11.2. The first-order valence-electron chi connectivity index (χ1n) is 8.67. The van der Waals surface area contributed by atoms with Crippen LogP contribution in [0.2, 0.25) is 10.0 Å². The second-order valence-corrected chi connectivity index (χ2v) is 7.17. The maximum atomic E-state index is 11.2. The lowest BCUT2D eigenvalue weighted by atomic mass is 10.2. The van der Waals surface area contributed by atoms with E-state index in [0.29, 0.717) is 27.1 Å². The van der Waals surface area contributed by atoms with Gasteiger partial charge in [0, 0.05) is 16.7 Å². The Labute approximate surface area is 180 Å². The Morgan fingerprint density at radius 3 is 2.73 bits per heavy atom. The molecule has 0 saturated carbocycles. The van der Waals surface area contributed by atoms with Crippen molar-refractivity contribution in [1.29, 1.82) is 0 Å². The number of nitro groups is 1. The van der Waals surface area contributed by atoms with Gasteiger partial charge >= 0.3 is 5.69 Å². The lowest BCUT2D eigenvalue weighted by Gasteiger charge is -2.05. The number of hydrogen-bond donors (Lipinski definition) is 0. The van der Waals surface area contributed by atoms with Crippen LogP contribution in [0.1, 0.15) is 11.3 Å². The molecule has 0 spiro atoms. The second kappa shape index (κ2) is 8.17. The van der Waals surface area contributed by atoms with Gasteiger partial charge in [0.25, 0.3) is 5.89 Å². The smallest absolute Gasteiger partial charge is 0.311 e. The first kappa shape index (κ1) is 19.9. The fourth-order valence-electron chi connectivity index (χ4n) is 2.72. The number of nitro benzene ring substituents is 1. The van der Waals surface area contributed by atoms with Crippen LogP contribution >= 0.6 is 23.2 Å². The predicted molar refractivity (Wildman–Crippen MR) is 110 cm³/mol. The van der Waals surface area contributed by atoms with Gasteiger partial charge in [-0.25, -0.2) is 0 Å². The molecule has 8 nitrogen and oxygen atoms in total. The van der Waals surface area contributed by atoms with Crippen LogP contribution in [0.3, 0.4) is 0 Å². The molecule has 0 N–H and O–H groups in total. The van der Waals surface area contributed by atoms with Gasteiger partial charge in [0.1, 0.15) is 12.4 Å². The fourth-order valence-corrected chi connectivity index (χ4v) is 3.21. The third-order valence-corrected chi connectivity index (χ3v) is 4.70. The Kier molecular flexibility index (Phi) is 5.43. The molecule has 4 aromatic rings. The zero-order valence-electron chi connectivity index (χ0n) is 15.5. The highest BCUT2D eigenvalue weighted by Gasteiger charge is 2.18. The molecule has 0 fully saturated rings. The summed E-state index contributed by atoms with van der Waals surface area (Å²) in [6.07, 6.45) is 0. The summed E-state index contributed by atoms with van der Waals surface area (Å²) in [5, 5.41) is 16.0. The maximum Gasteiger partial charge on any atom is 0.311 e. The molecule has 0 saturated heterocycles. The minimum atomic E-state index is -0.488. The lowest BCUT2D eigenvalue weighted by molar-refractivity contribution is -0.386. The van der Waals surface area contributed by atoms with Crippen LogP contribution in [0.25, 0.3) is 23.0 Å². The quantitative estimate of drug-likeness (QED) is 0.260. The van der Waals surface area contributed by atoms with E-state index >= 15 is 0 Å². The summed E-state index contributed by atoms with van der Waals surface area (Å²) in [7, 11) is 0. The van der Waals surface area contributed by atoms with E-state index in [2.05, 4.69) is 10.1 Å². The SMILES string of the molecule is Cc1ccc(OCc2ccc(-c3nc(-c4ccc(Cl)cc4Cl)no3)o2)c([N+](=O)[O-])c1. The second-order valence-electron chi connectivity index (χ2n) is 6.33. The van der Waals surface area contributed by atoms with Gasteiger partial charge in [0.05, 0.1) is 9.95 Å². The Morgan fingerprint density at radius 2 is 1.97 bits per heavy atom. The van der Waals surface area contributed by atoms with Crippen molar-refractivity contribution < 1.29 is 18.6 Å². The summed E-state index contributed by atoms with van der Waals surface area (Å²) in [5.41, 5.74) is 1.23. The minimum Gasteiger partial charge on any atom is -0.479 e. The highest BCUT2D eigenvalue weighted by atomic mass is 35.5. The molecule has 152 valence electrons. The molecule has 30 heavy (non-hydrogen) atoms. The van der Waals surface area contributed by atoms with Crippen molar-refractivity contribution in [2.24, 2.45) is 0 Å². The number of hydrogen-bond acceptors (Lipinski definition) is 7. The van der Waals surface area contributed by atoms with Gasteiger partial charge in [-0.05, 0) is 48.9 Å². The molecule has 10 heteroatoms. The van der Waals surface area contributed by atoms with Crippen molar-refractivity contribution in [2.45, 2.75) is 13.5 Å². The van der Waals surface area contributed by atoms with Crippen LogP contribution in [0, 0.1) is 17.0 Å². The third kappa shape index (κ3) is 4.14. The molecule has 2 aromatic heterocycles. The Balaban J connectivity index is 1.50. The van der Waals surface area contributed by atoms with Crippen LogP contribution in [-0.4, -0.2) is 15.1 Å². The third-order valence-electron chi connectivity index (χ3n) is 4.15. The molecule has 0 unspecified atom stereocenters. The van der Waals surface area contributed by atoms with E-state index in [1.165, 1.54) is 6.07 Å². The van der Waals surface area contributed by atoms with Crippen LogP contribution in [0.15, 0.2) is 57.5 Å². The summed E-state index contributed by atoms with van der Waals surface area (Å²) < 4.78 is 16.5. The number of benzene rings is 2. The van der Waals surface area contributed by atoms with E-state index in [9.17, 15) is 10.1 Å². The molecule has 0 aliphatic rings. The summed E-state index contributed by atoms with van der Waals surface area (Å²) >= 11 is 12.1. The van der Waals surface area contributed by atoms with Crippen LogP contribution in [0.5, 0.6) is 5.75 Å². The number of aromatic nitrogens is 2.